The van der Waals surface area contributed by atoms with E-state index in [-0.39, 0.29) is 5.91 Å². The fourth-order valence-electron chi connectivity index (χ4n) is 2.41. The number of aromatic nitrogens is 2. The Morgan fingerprint density at radius 3 is 2.90 bits per heavy atom. The Kier molecular flexibility index (Phi) is 3.19. The first-order valence-corrected chi connectivity index (χ1v) is 6.70. The largest absolute Gasteiger partial charge is 0.381 e. The topological polar surface area (TPSA) is 81.7 Å². The molecule has 0 spiro atoms. The Morgan fingerprint density at radius 1 is 1.40 bits per heavy atom. The summed E-state index contributed by atoms with van der Waals surface area (Å²) in [5, 5.41) is 2.89. The first kappa shape index (κ1) is 13.1. The van der Waals surface area contributed by atoms with Gasteiger partial charge in [-0.3, -0.25) is 4.79 Å². The molecule has 20 heavy (non-hydrogen) atoms. The summed E-state index contributed by atoms with van der Waals surface area (Å²) in [5.41, 5.74) is 7.83. The van der Waals surface area contributed by atoms with Crippen LogP contribution in [-0.2, 0) is 9.53 Å². The van der Waals surface area contributed by atoms with Crippen molar-refractivity contribution in [2.24, 2.45) is 5.73 Å². The number of carbonyl (C=O) groups excluding carboxylic acids is 1. The molecule has 1 fully saturated rings. The average Bonchev–Trinajstić information content (AvgIpc) is 2.79. The Morgan fingerprint density at radius 2 is 2.15 bits per heavy atom. The van der Waals surface area contributed by atoms with Crippen molar-refractivity contribution >= 4 is 17.2 Å². The lowest BCUT2D eigenvalue weighted by Crippen LogP contribution is -2.54. The van der Waals surface area contributed by atoms with Gasteiger partial charge in [-0.2, -0.15) is 0 Å². The molecule has 6 heteroatoms. The third-order valence-corrected chi connectivity index (χ3v) is 3.67. The zero-order chi connectivity index (χ0) is 14.2. The van der Waals surface area contributed by atoms with Crippen molar-refractivity contribution in [2.75, 3.05) is 18.5 Å². The van der Waals surface area contributed by atoms with Crippen LogP contribution in [0, 0.1) is 6.92 Å². The number of pyridine rings is 1. The van der Waals surface area contributed by atoms with Crippen molar-refractivity contribution in [3.05, 3.63) is 30.2 Å². The summed E-state index contributed by atoms with van der Waals surface area (Å²) in [7, 11) is 0. The van der Waals surface area contributed by atoms with Gasteiger partial charge in [-0.1, -0.05) is 0 Å². The third kappa shape index (κ3) is 2.39. The van der Waals surface area contributed by atoms with Gasteiger partial charge in [-0.15, -0.1) is 0 Å². The summed E-state index contributed by atoms with van der Waals surface area (Å²) >= 11 is 0. The highest BCUT2D eigenvalue weighted by Gasteiger charge is 2.35. The van der Waals surface area contributed by atoms with Gasteiger partial charge in [0, 0.05) is 25.6 Å². The van der Waals surface area contributed by atoms with E-state index in [2.05, 4.69) is 10.3 Å². The summed E-state index contributed by atoms with van der Waals surface area (Å²) in [6, 6.07) is 3.71. The Labute approximate surface area is 116 Å². The predicted molar refractivity (Wildman–Crippen MR) is 75.5 cm³/mol. The van der Waals surface area contributed by atoms with Crippen LogP contribution in [0.1, 0.15) is 18.5 Å². The van der Waals surface area contributed by atoms with Crippen molar-refractivity contribution < 1.29 is 9.53 Å². The molecule has 6 nitrogen and oxygen atoms in total. The van der Waals surface area contributed by atoms with Gasteiger partial charge in [0.25, 0.3) is 0 Å². The number of nitrogens with one attached hydrogen (secondary N) is 1. The van der Waals surface area contributed by atoms with E-state index in [9.17, 15) is 4.79 Å². The fourth-order valence-corrected chi connectivity index (χ4v) is 2.41. The molecule has 1 amide bonds. The summed E-state index contributed by atoms with van der Waals surface area (Å²) < 4.78 is 7.14. The molecule has 3 rings (SSSR count). The molecule has 0 aliphatic carbocycles. The zero-order valence-corrected chi connectivity index (χ0v) is 11.4. The molecule has 3 heterocycles. The van der Waals surface area contributed by atoms with Gasteiger partial charge in [0.15, 0.2) is 0 Å². The number of anilines is 1. The molecule has 2 aromatic rings. The number of hydrogen-bond acceptors (Lipinski definition) is 4. The molecule has 1 saturated heterocycles. The highest BCUT2D eigenvalue weighted by atomic mass is 16.5. The van der Waals surface area contributed by atoms with Gasteiger partial charge < -0.3 is 20.2 Å². The first-order valence-electron chi connectivity index (χ1n) is 6.70. The second-order valence-electron chi connectivity index (χ2n) is 5.29. The number of hydrogen-bond donors (Lipinski definition) is 2. The minimum absolute atomic E-state index is 0.156. The Hall–Kier alpha value is -1.92. The molecule has 3 N–H and O–H groups in total. The van der Waals surface area contributed by atoms with Crippen molar-refractivity contribution in [1.82, 2.24) is 9.38 Å². The Bertz CT molecular complexity index is 644. The van der Waals surface area contributed by atoms with Crippen molar-refractivity contribution in [3.63, 3.8) is 0 Å². The third-order valence-electron chi connectivity index (χ3n) is 3.67. The van der Waals surface area contributed by atoms with Crippen LogP contribution in [0.4, 0.5) is 5.69 Å². The van der Waals surface area contributed by atoms with Crippen LogP contribution >= 0.6 is 0 Å². The quantitative estimate of drug-likeness (QED) is 0.859. The number of nitrogens with zero attached hydrogens (tertiary/aromatic N) is 2. The second-order valence-corrected chi connectivity index (χ2v) is 5.29. The van der Waals surface area contributed by atoms with Crippen LogP contribution < -0.4 is 11.1 Å². The number of carbonyl (C=O) groups is 1. The van der Waals surface area contributed by atoms with Crippen LogP contribution in [0.2, 0.25) is 0 Å². The highest BCUT2D eigenvalue weighted by molar-refractivity contribution is 5.98. The minimum atomic E-state index is -0.835. The summed E-state index contributed by atoms with van der Waals surface area (Å²) in [4.78, 5) is 16.7. The van der Waals surface area contributed by atoms with E-state index in [1.54, 1.807) is 0 Å². The molecule has 1 aliphatic rings. The molecular weight excluding hydrogens is 256 g/mol. The molecule has 0 radical (unpaired) electrons. The van der Waals surface area contributed by atoms with E-state index >= 15 is 0 Å². The van der Waals surface area contributed by atoms with Gasteiger partial charge in [-0.25, -0.2) is 4.98 Å². The maximum absolute atomic E-state index is 12.3. The van der Waals surface area contributed by atoms with Crippen LogP contribution in [0.25, 0.3) is 5.65 Å². The van der Waals surface area contributed by atoms with Crippen LogP contribution in [0.15, 0.2) is 24.5 Å². The number of nitrogens with two attached hydrogens (primary N) is 1. The molecule has 0 bridgehead atoms. The van der Waals surface area contributed by atoms with E-state index in [0.717, 1.165) is 17.0 Å². The van der Waals surface area contributed by atoms with Crippen molar-refractivity contribution in [1.29, 1.82) is 0 Å². The Balaban J connectivity index is 1.79. The molecule has 1 aliphatic heterocycles. The number of ether oxygens (including phenoxy) is 1. The summed E-state index contributed by atoms with van der Waals surface area (Å²) in [5.74, 6) is -0.156. The molecular formula is C14H18N4O2. The van der Waals surface area contributed by atoms with Crippen molar-refractivity contribution in [3.8, 4) is 0 Å². The van der Waals surface area contributed by atoms with Gasteiger partial charge in [-0.05, 0) is 31.9 Å². The van der Waals surface area contributed by atoms with Gasteiger partial charge in [0.2, 0.25) is 5.91 Å². The summed E-state index contributed by atoms with van der Waals surface area (Å²) in [6.45, 7) is 3.00. The van der Waals surface area contributed by atoms with Gasteiger partial charge in [0.05, 0.1) is 11.4 Å². The van der Waals surface area contributed by atoms with Gasteiger partial charge in [0.1, 0.15) is 11.2 Å². The lowest BCUT2D eigenvalue weighted by molar-refractivity contribution is -0.124. The van der Waals surface area contributed by atoms with E-state index < -0.39 is 5.54 Å². The number of fused-ring (bicyclic) bond motifs is 1. The van der Waals surface area contributed by atoms with E-state index in [0.29, 0.717) is 26.1 Å². The number of amides is 1. The van der Waals surface area contributed by atoms with E-state index in [4.69, 9.17) is 10.5 Å². The lowest BCUT2D eigenvalue weighted by atomic mass is 9.90. The summed E-state index contributed by atoms with van der Waals surface area (Å²) in [6.07, 6.45) is 4.85. The highest BCUT2D eigenvalue weighted by Crippen LogP contribution is 2.20. The fraction of sp³-hybridized carbons (Fsp3) is 0.429. The molecule has 0 saturated carbocycles. The predicted octanol–water partition coefficient (Wildman–Crippen LogP) is 1.09. The second kappa shape index (κ2) is 4.88. The van der Waals surface area contributed by atoms with Crippen LogP contribution in [0.5, 0.6) is 0 Å². The molecule has 106 valence electrons. The smallest absolute Gasteiger partial charge is 0.244 e. The van der Waals surface area contributed by atoms with E-state index in [1.807, 2.05) is 35.9 Å². The minimum Gasteiger partial charge on any atom is -0.381 e. The number of imidazole rings is 1. The van der Waals surface area contributed by atoms with Crippen LogP contribution in [-0.4, -0.2) is 34.0 Å². The zero-order valence-electron chi connectivity index (χ0n) is 11.4. The maximum Gasteiger partial charge on any atom is 0.244 e. The lowest BCUT2D eigenvalue weighted by Gasteiger charge is -2.31. The molecule has 0 aromatic carbocycles. The normalized spacial score (nSPS) is 18.1. The number of aryl methyl sites for hydroxylation is 1. The van der Waals surface area contributed by atoms with Crippen molar-refractivity contribution in [2.45, 2.75) is 25.3 Å². The average molecular weight is 274 g/mol. The number of rotatable bonds is 2. The first-order chi connectivity index (χ1) is 9.57. The maximum atomic E-state index is 12.3. The molecule has 0 atom stereocenters. The van der Waals surface area contributed by atoms with Gasteiger partial charge >= 0.3 is 0 Å². The standard InChI is InChI=1S/C14H18N4O2/c1-10-8-18-9-11(2-3-12(18)16-10)17-13(19)14(15)4-6-20-7-5-14/h2-3,8-9H,4-7,15H2,1H3,(H,17,19). The SMILES string of the molecule is Cc1cn2cc(NC(=O)C3(N)CCOCC3)ccc2n1. The van der Waals surface area contributed by atoms with Crippen LogP contribution in [0.3, 0.4) is 0 Å². The molecule has 0 unspecified atom stereocenters. The van der Waals surface area contributed by atoms with E-state index in [1.165, 1.54) is 0 Å². The monoisotopic (exact) mass is 274 g/mol. The molecule has 2 aromatic heterocycles.